The lowest BCUT2D eigenvalue weighted by molar-refractivity contribution is -0.107. The first kappa shape index (κ1) is 10.0. The number of thioether (sulfide) groups is 1. The van der Waals surface area contributed by atoms with Crippen molar-refractivity contribution in [2.45, 2.75) is 25.0 Å². The molecule has 1 aromatic heterocycles. The number of hydrogen-bond donors (Lipinski definition) is 1. The van der Waals surface area contributed by atoms with Crippen LogP contribution in [0, 0.1) is 0 Å². The predicted molar refractivity (Wildman–Crippen MR) is 49.9 cm³/mol. The Morgan fingerprint density at radius 3 is 3.08 bits per heavy atom. The number of aldehydes is 1. The van der Waals surface area contributed by atoms with Gasteiger partial charge in [-0.15, -0.1) is 5.10 Å². The molecule has 0 saturated carbocycles. The monoisotopic (exact) mass is 201 g/mol. The van der Waals surface area contributed by atoms with Gasteiger partial charge in [-0.3, -0.25) is 4.57 Å². The van der Waals surface area contributed by atoms with E-state index in [9.17, 15) is 9.59 Å². The number of aromatic amines is 1. The number of H-pyrrole nitrogens is 1. The third kappa shape index (κ3) is 2.45. The molecule has 5 nitrogen and oxygen atoms in total. The quantitative estimate of drug-likeness (QED) is 0.422. The molecule has 0 unspecified atom stereocenters. The van der Waals surface area contributed by atoms with Crippen LogP contribution in [0.5, 0.6) is 0 Å². The molecule has 0 atom stereocenters. The third-order valence-electron chi connectivity index (χ3n) is 1.51. The highest BCUT2D eigenvalue weighted by Gasteiger charge is 2.05. The van der Waals surface area contributed by atoms with E-state index in [1.807, 2.05) is 6.92 Å². The van der Waals surface area contributed by atoms with Crippen molar-refractivity contribution >= 4 is 18.0 Å². The maximum absolute atomic E-state index is 11.1. The molecular formula is C7H11N3O2S. The van der Waals surface area contributed by atoms with Crippen LogP contribution in [0.2, 0.25) is 0 Å². The fourth-order valence-corrected chi connectivity index (χ4v) is 1.77. The van der Waals surface area contributed by atoms with E-state index >= 15 is 0 Å². The van der Waals surface area contributed by atoms with E-state index in [0.717, 1.165) is 6.29 Å². The summed E-state index contributed by atoms with van der Waals surface area (Å²) in [6.45, 7) is 2.47. The van der Waals surface area contributed by atoms with Crippen molar-refractivity contribution in [3.63, 3.8) is 0 Å². The van der Waals surface area contributed by atoms with Gasteiger partial charge in [-0.2, -0.15) is 0 Å². The molecule has 13 heavy (non-hydrogen) atoms. The van der Waals surface area contributed by atoms with E-state index in [1.54, 1.807) is 0 Å². The summed E-state index contributed by atoms with van der Waals surface area (Å²) in [7, 11) is 0. The Labute approximate surface area is 79.5 Å². The van der Waals surface area contributed by atoms with E-state index in [1.165, 1.54) is 16.3 Å². The maximum Gasteiger partial charge on any atom is 0.343 e. The van der Waals surface area contributed by atoms with Crippen molar-refractivity contribution in [1.29, 1.82) is 0 Å². The van der Waals surface area contributed by atoms with Gasteiger partial charge in [-0.25, -0.2) is 9.89 Å². The van der Waals surface area contributed by atoms with E-state index in [2.05, 4.69) is 10.2 Å². The molecule has 0 spiro atoms. The lowest BCUT2D eigenvalue weighted by Crippen LogP contribution is -2.16. The summed E-state index contributed by atoms with van der Waals surface area (Å²) in [5, 5.41) is 6.84. The number of aromatic nitrogens is 3. The lowest BCUT2D eigenvalue weighted by Gasteiger charge is -1.98. The van der Waals surface area contributed by atoms with Crippen LogP contribution in [0.15, 0.2) is 9.95 Å². The van der Waals surface area contributed by atoms with E-state index in [4.69, 9.17) is 0 Å². The average Bonchev–Trinajstić information content (AvgIpc) is 2.47. The number of hydrogen-bond acceptors (Lipinski definition) is 4. The molecule has 0 bridgehead atoms. The topological polar surface area (TPSA) is 67.8 Å². The van der Waals surface area contributed by atoms with Crippen LogP contribution in [-0.4, -0.2) is 26.8 Å². The fraction of sp³-hybridized carbons (Fsp3) is 0.571. The molecule has 6 heteroatoms. The third-order valence-corrected chi connectivity index (χ3v) is 2.52. The highest BCUT2D eigenvalue weighted by Crippen LogP contribution is 2.12. The molecule has 1 heterocycles. The number of rotatable bonds is 5. The summed E-state index contributed by atoms with van der Waals surface area (Å²) in [6.07, 6.45) is 1.34. The Hall–Kier alpha value is -1.04. The van der Waals surface area contributed by atoms with Crippen LogP contribution in [0.4, 0.5) is 0 Å². The second kappa shape index (κ2) is 4.86. The zero-order valence-corrected chi connectivity index (χ0v) is 8.13. The molecule has 1 rings (SSSR count). The van der Waals surface area contributed by atoms with Gasteiger partial charge in [-0.05, 0) is 6.92 Å². The van der Waals surface area contributed by atoms with Crippen LogP contribution in [-0.2, 0) is 11.3 Å². The Kier molecular flexibility index (Phi) is 3.75. The zero-order chi connectivity index (χ0) is 9.68. The summed E-state index contributed by atoms with van der Waals surface area (Å²) in [6, 6.07) is 0. The highest BCUT2D eigenvalue weighted by atomic mass is 32.2. The molecule has 0 amide bonds. The molecular weight excluding hydrogens is 190 g/mol. The molecule has 0 aliphatic heterocycles. The summed E-state index contributed by atoms with van der Waals surface area (Å²) in [5.74, 6) is 0.661. The van der Waals surface area contributed by atoms with Gasteiger partial charge in [0.25, 0.3) is 0 Å². The molecule has 1 aromatic rings. The number of carbonyl (C=O) groups excluding carboxylic acids is 1. The van der Waals surface area contributed by atoms with E-state index in [-0.39, 0.29) is 5.69 Å². The fourth-order valence-electron chi connectivity index (χ4n) is 0.891. The van der Waals surface area contributed by atoms with E-state index < -0.39 is 0 Å². The summed E-state index contributed by atoms with van der Waals surface area (Å²) in [4.78, 5) is 21.1. The largest absolute Gasteiger partial charge is 0.343 e. The molecule has 0 aromatic carbocycles. The normalized spacial score (nSPS) is 10.2. The Morgan fingerprint density at radius 1 is 1.69 bits per heavy atom. The molecule has 1 N–H and O–H groups in total. The second-order valence-electron chi connectivity index (χ2n) is 2.36. The predicted octanol–water partition coefficient (Wildman–Crippen LogP) is 0.272. The van der Waals surface area contributed by atoms with Crippen molar-refractivity contribution in [3.05, 3.63) is 10.5 Å². The molecule has 0 radical (unpaired) electrons. The van der Waals surface area contributed by atoms with Crippen molar-refractivity contribution in [2.75, 3.05) is 5.75 Å². The van der Waals surface area contributed by atoms with Crippen LogP contribution in [0.3, 0.4) is 0 Å². The number of nitrogens with zero attached hydrogens (tertiary/aromatic N) is 2. The van der Waals surface area contributed by atoms with Gasteiger partial charge in [-0.1, -0.05) is 11.8 Å². The van der Waals surface area contributed by atoms with Gasteiger partial charge in [0.15, 0.2) is 5.16 Å². The van der Waals surface area contributed by atoms with Gasteiger partial charge in [0.1, 0.15) is 6.29 Å². The van der Waals surface area contributed by atoms with Crippen LogP contribution >= 0.6 is 11.8 Å². The van der Waals surface area contributed by atoms with Crippen molar-refractivity contribution in [2.24, 2.45) is 0 Å². The minimum atomic E-state index is -0.198. The average molecular weight is 201 g/mol. The second-order valence-corrected chi connectivity index (χ2v) is 3.42. The minimum absolute atomic E-state index is 0.198. The van der Waals surface area contributed by atoms with Gasteiger partial charge in [0, 0.05) is 18.7 Å². The summed E-state index contributed by atoms with van der Waals surface area (Å²) >= 11 is 1.41. The molecule has 72 valence electrons. The standard InChI is InChI=1S/C7H11N3O2S/c1-2-10-6(12)8-9-7(10)13-5-3-4-11/h4H,2-3,5H2,1H3,(H,8,12). The van der Waals surface area contributed by atoms with Crippen LogP contribution < -0.4 is 5.69 Å². The Morgan fingerprint density at radius 2 is 2.46 bits per heavy atom. The zero-order valence-electron chi connectivity index (χ0n) is 7.32. The molecule has 0 aliphatic carbocycles. The molecule has 0 aliphatic rings. The Bertz CT molecular complexity index is 331. The number of nitrogens with one attached hydrogen (secondary N) is 1. The van der Waals surface area contributed by atoms with Gasteiger partial charge < -0.3 is 4.79 Å². The maximum atomic E-state index is 11.1. The van der Waals surface area contributed by atoms with Crippen LogP contribution in [0.25, 0.3) is 0 Å². The van der Waals surface area contributed by atoms with Gasteiger partial charge in [0.05, 0.1) is 0 Å². The summed E-state index contributed by atoms with van der Waals surface area (Å²) < 4.78 is 1.54. The van der Waals surface area contributed by atoms with Crippen LogP contribution in [0.1, 0.15) is 13.3 Å². The minimum Gasteiger partial charge on any atom is -0.303 e. The first-order valence-electron chi connectivity index (χ1n) is 4.01. The number of carbonyl (C=O) groups is 1. The van der Waals surface area contributed by atoms with E-state index in [0.29, 0.717) is 23.9 Å². The first-order valence-corrected chi connectivity index (χ1v) is 4.99. The SMILES string of the molecule is CCn1c(SCCC=O)n[nH]c1=O. The first-order chi connectivity index (χ1) is 6.29. The van der Waals surface area contributed by atoms with Gasteiger partial charge >= 0.3 is 5.69 Å². The lowest BCUT2D eigenvalue weighted by atomic mass is 10.6. The smallest absolute Gasteiger partial charge is 0.303 e. The van der Waals surface area contributed by atoms with Gasteiger partial charge in [0.2, 0.25) is 0 Å². The summed E-state index contributed by atoms with van der Waals surface area (Å²) in [5.41, 5.74) is -0.198. The highest BCUT2D eigenvalue weighted by molar-refractivity contribution is 7.99. The van der Waals surface area contributed by atoms with Crippen molar-refractivity contribution < 1.29 is 4.79 Å². The van der Waals surface area contributed by atoms with Crippen molar-refractivity contribution in [3.8, 4) is 0 Å². The molecule has 0 saturated heterocycles. The van der Waals surface area contributed by atoms with Crippen molar-refractivity contribution in [1.82, 2.24) is 14.8 Å². The molecule has 0 fully saturated rings. The Balaban J connectivity index is 2.65.